The number of rotatable bonds is 54. The Morgan fingerprint density at radius 1 is 0.482 bits per heavy atom. The minimum atomic E-state index is -1.64. The van der Waals surface area contributed by atoms with Crippen LogP contribution in [0.5, 0.6) is 0 Å². The molecule has 0 aliphatic carbocycles. The Labute approximate surface area is 505 Å². The van der Waals surface area contributed by atoms with Gasteiger partial charge in [0.2, 0.25) is 5.91 Å². The Bertz CT molecular complexity index is 1860. The summed E-state index contributed by atoms with van der Waals surface area (Å²) in [6.07, 6.45) is 72.0. The van der Waals surface area contributed by atoms with Crippen LogP contribution < -0.4 is 5.32 Å². The molecule has 83 heavy (non-hydrogen) atoms. The molecule has 0 aromatic rings. The molecule has 0 radical (unpaired) electrons. The lowest BCUT2D eigenvalue weighted by molar-refractivity contribution is -0.305. The van der Waals surface area contributed by atoms with E-state index in [1.54, 1.807) is 6.08 Å². The van der Waals surface area contributed by atoms with Gasteiger partial charge in [0.25, 0.3) is 0 Å². The van der Waals surface area contributed by atoms with Gasteiger partial charge in [-0.2, -0.15) is 0 Å². The molecule has 8 atom stereocenters. The molecule has 0 spiro atoms. The number of nitrogens with one attached hydrogen (secondary N) is 1. The quantitative estimate of drug-likeness (QED) is 0.0195. The Morgan fingerprint density at radius 2 is 0.867 bits per heavy atom. The number of aliphatic hydroxyl groups is 5. The number of hydrogen-bond acceptors (Lipinski definition) is 10. The monoisotopic (exact) mass is 1160 g/mol. The molecular weight excluding hydrogens is 1040 g/mol. The van der Waals surface area contributed by atoms with E-state index in [9.17, 15) is 35.1 Å². The van der Waals surface area contributed by atoms with Gasteiger partial charge in [-0.1, -0.05) is 251 Å². The highest BCUT2D eigenvalue weighted by molar-refractivity contribution is 5.80. The molecule has 1 aliphatic rings. The SMILES string of the molecule is CC/C=C\C/C=C\C/C=C\C/C=C\C/C=C\C/C=C\CCCCCCCCC(=O)OC1C(OCC(NC(=O)C(O)CCCC/C=C\C/C=C\C/C=C\C/C=C\CCCCC)C(O)/C=C/CCCCCCCCCCC)OC(CO)C(O)C1O. The Hall–Kier alpha value is -4.20. The number of hydrogen-bond donors (Lipinski definition) is 6. The van der Waals surface area contributed by atoms with E-state index in [1.165, 1.54) is 57.8 Å². The zero-order chi connectivity index (χ0) is 60.3. The van der Waals surface area contributed by atoms with Gasteiger partial charge in [-0.15, -0.1) is 0 Å². The fourth-order valence-electron chi connectivity index (χ4n) is 9.34. The minimum Gasteiger partial charge on any atom is -0.454 e. The molecule has 0 saturated carbocycles. The molecule has 472 valence electrons. The second-order valence-corrected chi connectivity index (χ2v) is 22.1. The summed E-state index contributed by atoms with van der Waals surface area (Å²) >= 11 is 0. The summed E-state index contributed by atoms with van der Waals surface area (Å²) in [4.78, 5) is 26.6. The van der Waals surface area contributed by atoms with Crippen molar-refractivity contribution in [1.29, 1.82) is 0 Å². The predicted molar refractivity (Wildman–Crippen MR) is 347 cm³/mol. The fourth-order valence-corrected chi connectivity index (χ4v) is 9.34. The minimum absolute atomic E-state index is 0.0939. The van der Waals surface area contributed by atoms with E-state index in [0.29, 0.717) is 12.8 Å². The van der Waals surface area contributed by atoms with Crippen LogP contribution in [0.3, 0.4) is 0 Å². The molecule has 0 aromatic heterocycles. The maximum Gasteiger partial charge on any atom is 0.306 e. The standard InChI is InChI=1S/C72H119NO10/c1-4-7-10-13-16-19-22-24-26-28-30-31-32-33-34-35-36-38-40-42-45-48-51-54-57-60-67(77)83-70-69(79)68(78)66(61-74)82-72(70)81-62-63(64(75)58-55-52-49-46-43-21-18-15-12-9-6-3)73-71(80)65(76)59-56-53-50-47-44-41-39-37-29-27-25-23-20-17-14-11-8-5-2/h7,10,16-17,19-20,24-27,30-31,33-34,36-39,44,47,55,58,63-66,68-70,72,74-76,78-79H,4-6,8-9,11-15,18,21-23,28-29,32,35,40-43,45-46,48-54,56-57,59-62H2,1-3H3,(H,73,80)/b10-7-,19-16-,20-17-,26-24-,27-25-,31-30-,34-33-,38-36-,39-37-,47-44-,58-55+. The normalized spacial score (nSPS) is 19.4. The third-order valence-corrected chi connectivity index (χ3v) is 14.5. The molecule has 11 heteroatoms. The summed E-state index contributed by atoms with van der Waals surface area (Å²) in [7, 11) is 0. The van der Waals surface area contributed by atoms with Gasteiger partial charge >= 0.3 is 5.97 Å². The second kappa shape index (κ2) is 58.2. The third-order valence-electron chi connectivity index (χ3n) is 14.5. The second-order valence-electron chi connectivity index (χ2n) is 22.1. The highest BCUT2D eigenvalue weighted by atomic mass is 16.7. The maximum absolute atomic E-state index is 13.4. The first-order valence-corrected chi connectivity index (χ1v) is 33.0. The number of allylic oxidation sites excluding steroid dienone is 21. The number of amides is 1. The molecule has 0 aromatic carbocycles. The Balaban J connectivity index is 2.65. The maximum atomic E-state index is 13.4. The average Bonchev–Trinajstić information content (AvgIpc) is 3.67. The Kier molecular flexibility index (Phi) is 53.9. The van der Waals surface area contributed by atoms with Crippen LogP contribution in [0.2, 0.25) is 0 Å². The topological polar surface area (TPSA) is 175 Å². The van der Waals surface area contributed by atoms with Gasteiger partial charge in [-0.3, -0.25) is 9.59 Å². The molecule has 11 nitrogen and oxygen atoms in total. The third kappa shape index (κ3) is 45.8. The van der Waals surface area contributed by atoms with E-state index < -0.39 is 67.4 Å². The zero-order valence-corrected chi connectivity index (χ0v) is 52.3. The number of carbonyl (C=O) groups is 2. The van der Waals surface area contributed by atoms with Crippen LogP contribution in [0.25, 0.3) is 0 Å². The van der Waals surface area contributed by atoms with Crippen LogP contribution in [0.4, 0.5) is 0 Å². The van der Waals surface area contributed by atoms with Crippen molar-refractivity contribution in [3.05, 3.63) is 134 Å². The van der Waals surface area contributed by atoms with Crippen LogP contribution >= 0.6 is 0 Å². The van der Waals surface area contributed by atoms with Crippen molar-refractivity contribution >= 4 is 11.9 Å². The van der Waals surface area contributed by atoms with E-state index in [-0.39, 0.29) is 19.4 Å². The lowest BCUT2D eigenvalue weighted by Crippen LogP contribution is -2.61. The number of aliphatic hydroxyl groups excluding tert-OH is 5. The highest BCUT2D eigenvalue weighted by Crippen LogP contribution is 2.26. The summed E-state index contributed by atoms with van der Waals surface area (Å²) in [5.41, 5.74) is 0. The van der Waals surface area contributed by atoms with Crippen molar-refractivity contribution in [2.45, 2.75) is 294 Å². The fraction of sp³-hybridized carbons (Fsp3) is 0.667. The van der Waals surface area contributed by atoms with E-state index in [2.05, 4.69) is 148 Å². The van der Waals surface area contributed by atoms with E-state index in [0.717, 1.165) is 141 Å². The van der Waals surface area contributed by atoms with Crippen LogP contribution in [0, 0.1) is 0 Å². The van der Waals surface area contributed by atoms with Crippen LogP contribution in [0.15, 0.2) is 134 Å². The van der Waals surface area contributed by atoms with Crippen molar-refractivity contribution in [3.63, 3.8) is 0 Å². The number of unbranched alkanes of at least 4 members (excludes halogenated alkanes) is 20. The van der Waals surface area contributed by atoms with Gasteiger partial charge in [0.15, 0.2) is 12.4 Å². The van der Waals surface area contributed by atoms with Crippen molar-refractivity contribution in [2.75, 3.05) is 13.2 Å². The summed E-state index contributed by atoms with van der Waals surface area (Å²) in [5.74, 6) is -1.25. The largest absolute Gasteiger partial charge is 0.454 e. The van der Waals surface area contributed by atoms with Crippen molar-refractivity contribution in [1.82, 2.24) is 5.32 Å². The molecule has 1 amide bonds. The molecule has 1 aliphatic heterocycles. The molecule has 6 N–H and O–H groups in total. The van der Waals surface area contributed by atoms with Crippen molar-refractivity contribution < 1.29 is 49.3 Å². The molecule has 1 heterocycles. The van der Waals surface area contributed by atoms with E-state index in [1.807, 2.05) is 6.08 Å². The molecule has 0 bridgehead atoms. The first-order chi connectivity index (χ1) is 40.7. The first kappa shape index (κ1) is 76.8. The summed E-state index contributed by atoms with van der Waals surface area (Å²) in [6, 6.07) is -1.05. The van der Waals surface area contributed by atoms with Gasteiger partial charge < -0.3 is 45.1 Å². The van der Waals surface area contributed by atoms with Gasteiger partial charge in [0, 0.05) is 6.42 Å². The predicted octanol–water partition coefficient (Wildman–Crippen LogP) is 16.4. The molecule has 8 unspecified atom stereocenters. The van der Waals surface area contributed by atoms with Crippen LogP contribution in [0.1, 0.15) is 245 Å². The van der Waals surface area contributed by atoms with E-state index >= 15 is 0 Å². The molecule has 1 saturated heterocycles. The van der Waals surface area contributed by atoms with Gasteiger partial charge in [0.1, 0.15) is 24.4 Å². The number of carbonyl (C=O) groups excluding carboxylic acids is 2. The lowest BCUT2D eigenvalue weighted by atomic mass is 9.99. The van der Waals surface area contributed by atoms with Gasteiger partial charge in [-0.05, 0) is 122 Å². The molecule has 1 fully saturated rings. The van der Waals surface area contributed by atoms with Crippen LogP contribution in [-0.2, 0) is 23.8 Å². The van der Waals surface area contributed by atoms with Gasteiger partial charge in [0.05, 0.1) is 25.4 Å². The molecular formula is C72H119NO10. The average molecular weight is 1160 g/mol. The van der Waals surface area contributed by atoms with Gasteiger partial charge in [-0.25, -0.2) is 0 Å². The van der Waals surface area contributed by atoms with Crippen molar-refractivity contribution in [3.8, 4) is 0 Å². The lowest BCUT2D eigenvalue weighted by Gasteiger charge is -2.41. The number of ether oxygens (including phenoxy) is 3. The summed E-state index contributed by atoms with van der Waals surface area (Å²) in [6.45, 7) is 5.60. The van der Waals surface area contributed by atoms with Crippen molar-refractivity contribution in [2.24, 2.45) is 0 Å². The highest BCUT2D eigenvalue weighted by Gasteiger charge is 2.47. The Morgan fingerprint density at radius 3 is 1.33 bits per heavy atom. The zero-order valence-electron chi connectivity index (χ0n) is 52.3. The molecule has 1 rings (SSSR count). The number of esters is 1. The van der Waals surface area contributed by atoms with E-state index in [4.69, 9.17) is 14.2 Å². The van der Waals surface area contributed by atoms with Crippen LogP contribution in [-0.4, -0.2) is 99.6 Å². The smallest absolute Gasteiger partial charge is 0.306 e. The summed E-state index contributed by atoms with van der Waals surface area (Å²) < 4.78 is 17.6. The first-order valence-electron chi connectivity index (χ1n) is 33.0. The summed E-state index contributed by atoms with van der Waals surface area (Å²) in [5, 5.41) is 57.0.